The van der Waals surface area contributed by atoms with Crippen LogP contribution < -0.4 is 0 Å². The van der Waals surface area contributed by atoms with E-state index < -0.39 is 5.75 Å². The molecule has 0 amide bonds. The van der Waals surface area contributed by atoms with Crippen molar-refractivity contribution in [3.63, 3.8) is 0 Å². The van der Waals surface area contributed by atoms with E-state index >= 15 is 0 Å². The summed E-state index contributed by atoms with van der Waals surface area (Å²) < 4.78 is 0. The van der Waals surface area contributed by atoms with Crippen molar-refractivity contribution in [1.29, 1.82) is 0 Å². The summed E-state index contributed by atoms with van der Waals surface area (Å²) in [4.78, 5) is 0. The highest BCUT2D eigenvalue weighted by molar-refractivity contribution is 6.12. The van der Waals surface area contributed by atoms with Crippen molar-refractivity contribution in [2.75, 3.05) is 0 Å². The number of aryl methyl sites for hydroxylation is 1. The number of rotatable bonds is 5. The lowest BCUT2D eigenvalue weighted by atomic mass is 9.82. The van der Waals surface area contributed by atoms with E-state index in [1.165, 1.54) is 5.39 Å². The molecule has 0 atom stereocenters. The van der Waals surface area contributed by atoms with Crippen LogP contribution in [0.2, 0.25) is 0 Å². The molecule has 0 saturated carbocycles. The fourth-order valence-electron chi connectivity index (χ4n) is 5.94. The lowest BCUT2D eigenvalue weighted by Gasteiger charge is -2.23. The summed E-state index contributed by atoms with van der Waals surface area (Å²) in [5.41, 5.74) is 7.36. The lowest BCUT2D eigenvalue weighted by Crippen LogP contribution is -1.97. The highest BCUT2D eigenvalue weighted by Gasteiger charge is 2.27. The molecule has 0 aliphatic carbocycles. The van der Waals surface area contributed by atoms with Gasteiger partial charge in [0.1, 0.15) is 0 Å². The zero-order valence-corrected chi connectivity index (χ0v) is 23.9. The summed E-state index contributed by atoms with van der Waals surface area (Å²) in [6.07, 6.45) is 7.95. The highest BCUT2D eigenvalue weighted by Crippen LogP contribution is 2.54. The first-order valence-electron chi connectivity index (χ1n) is 14.1. The number of hydrogen-bond donors (Lipinski definition) is 3. The predicted molar refractivity (Wildman–Crippen MR) is 176 cm³/mol. The van der Waals surface area contributed by atoms with Gasteiger partial charge in [-0.1, -0.05) is 109 Å². The number of benzene rings is 6. The van der Waals surface area contributed by atoms with Gasteiger partial charge in [0.25, 0.3) is 0 Å². The zero-order chi connectivity index (χ0) is 29.4. The van der Waals surface area contributed by atoms with Gasteiger partial charge in [0, 0.05) is 22.3 Å². The first-order valence-corrected chi connectivity index (χ1v) is 14.1. The Morgan fingerprint density at radius 1 is 0.548 bits per heavy atom. The van der Waals surface area contributed by atoms with Crippen LogP contribution in [0.3, 0.4) is 0 Å². The van der Waals surface area contributed by atoms with E-state index in [-0.39, 0.29) is 11.5 Å². The van der Waals surface area contributed by atoms with Crippen molar-refractivity contribution in [3.8, 4) is 50.6 Å². The molecule has 6 rings (SSSR count). The van der Waals surface area contributed by atoms with Crippen molar-refractivity contribution in [2.45, 2.75) is 20.8 Å². The lowest BCUT2D eigenvalue weighted by molar-refractivity contribution is 0.367. The van der Waals surface area contributed by atoms with Crippen LogP contribution in [0.5, 0.6) is 17.2 Å². The van der Waals surface area contributed by atoms with Crippen LogP contribution in [-0.2, 0) is 0 Å². The summed E-state index contributed by atoms with van der Waals surface area (Å²) in [5, 5.41) is 37.7. The van der Waals surface area contributed by atoms with E-state index in [2.05, 4.69) is 48.5 Å². The minimum atomic E-state index is -0.522. The second-order valence-electron chi connectivity index (χ2n) is 10.6. The fraction of sp³-hybridized carbons (Fsp3) is 0.0769. The molecule has 6 aromatic carbocycles. The van der Waals surface area contributed by atoms with Gasteiger partial charge in [-0.15, -0.1) is 0 Å². The maximum Gasteiger partial charge on any atom is 0.201 e. The zero-order valence-electron chi connectivity index (χ0n) is 23.9. The Labute approximate surface area is 246 Å². The molecule has 0 aromatic heterocycles. The topological polar surface area (TPSA) is 60.7 Å². The highest BCUT2D eigenvalue weighted by atomic mass is 16.3. The van der Waals surface area contributed by atoms with Gasteiger partial charge in [-0.3, -0.25) is 0 Å². The number of aromatic hydroxyl groups is 3. The normalized spacial score (nSPS) is 11.8. The summed E-state index contributed by atoms with van der Waals surface area (Å²) >= 11 is 0. The molecule has 3 nitrogen and oxygen atoms in total. The Hall–Kier alpha value is -5.28. The molecule has 0 bridgehead atoms. The van der Waals surface area contributed by atoms with Crippen molar-refractivity contribution >= 4 is 27.6 Å². The van der Waals surface area contributed by atoms with E-state index in [0.717, 1.165) is 49.5 Å². The van der Waals surface area contributed by atoms with E-state index in [9.17, 15) is 15.3 Å². The molecule has 0 aliphatic heterocycles. The number of phenolic OH excluding ortho intramolecular Hbond substituents is 3. The molecule has 0 aliphatic rings. The number of fused-ring (bicyclic) bond motifs is 2. The summed E-state index contributed by atoms with van der Waals surface area (Å²) in [5.74, 6) is -1.19. The summed E-state index contributed by atoms with van der Waals surface area (Å²) in [7, 11) is 0. The van der Waals surface area contributed by atoms with Gasteiger partial charge in [0.05, 0.1) is 0 Å². The second-order valence-corrected chi connectivity index (χ2v) is 10.6. The van der Waals surface area contributed by atoms with Gasteiger partial charge in [-0.2, -0.15) is 0 Å². The van der Waals surface area contributed by atoms with Crippen LogP contribution in [0.4, 0.5) is 0 Å². The Balaban J connectivity index is 1.77. The Bertz CT molecular complexity index is 2050. The number of allylic oxidation sites excluding steroid dienone is 3. The van der Waals surface area contributed by atoms with E-state index in [4.69, 9.17) is 0 Å². The van der Waals surface area contributed by atoms with Crippen LogP contribution >= 0.6 is 0 Å². The molecule has 0 saturated heterocycles. The quantitative estimate of drug-likeness (QED) is 0.148. The van der Waals surface area contributed by atoms with E-state index in [1.54, 1.807) is 6.92 Å². The molecule has 0 unspecified atom stereocenters. The van der Waals surface area contributed by atoms with Crippen LogP contribution in [0.15, 0.2) is 115 Å². The van der Waals surface area contributed by atoms with Crippen LogP contribution in [0.25, 0.3) is 61.0 Å². The third kappa shape index (κ3) is 4.49. The van der Waals surface area contributed by atoms with Crippen LogP contribution in [0, 0.1) is 13.8 Å². The average molecular weight is 549 g/mol. The third-order valence-electron chi connectivity index (χ3n) is 8.04. The molecule has 3 N–H and O–H groups in total. The number of hydrogen-bond acceptors (Lipinski definition) is 3. The molecule has 0 heterocycles. The number of phenols is 3. The fourth-order valence-corrected chi connectivity index (χ4v) is 5.94. The molecular weight excluding hydrogens is 516 g/mol. The molecule has 0 radical (unpaired) electrons. The Morgan fingerprint density at radius 2 is 1.24 bits per heavy atom. The van der Waals surface area contributed by atoms with E-state index in [1.807, 2.05) is 86.7 Å². The smallest absolute Gasteiger partial charge is 0.201 e. The minimum Gasteiger partial charge on any atom is -0.504 e. The van der Waals surface area contributed by atoms with Gasteiger partial charge in [0.2, 0.25) is 5.75 Å². The summed E-state index contributed by atoms with van der Waals surface area (Å²) in [6, 6.07) is 33.1. The Morgan fingerprint density at radius 3 is 2.00 bits per heavy atom. The van der Waals surface area contributed by atoms with Gasteiger partial charge >= 0.3 is 0 Å². The molecule has 0 fully saturated rings. The van der Waals surface area contributed by atoms with Crippen molar-refractivity contribution in [1.82, 2.24) is 0 Å². The predicted octanol–water partition coefficient (Wildman–Crippen LogP) is 10.3. The van der Waals surface area contributed by atoms with Gasteiger partial charge in [0.15, 0.2) is 11.5 Å². The monoisotopic (exact) mass is 548 g/mol. The molecular formula is C39H32O3. The maximum atomic E-state index is 11.6. The minimum absolute atomic E-state index is 0.322. The van der Waals surface area contributed by atoms with Crippen molar-refractivity contribution in [3.05, 3.63) is 132 Å². The van der Waals surface area contributed by atoms with Crippen molar-refractivity contribution in [2.24, 2.45) is 0 Å². The Kier molecular flexibility index (Phi) is 7.02. The molecule has 6 aromatic rings. The van der Waals surface area contributed by atoms with Gasteiger partial charge < -0.3 is 15.3 Å². The molecule has 206 valence electrons. The van der Waals surface area contributed by atoms with E-state index in [0.29, 0.717) is 16.7 Å². The van der Waals surface area contributed by atoms with Crippen LogP contribution in [0.1, 0.15) is 23.6 Å². The van der Waals surface area contributed by atoms with Crippen molar-refractivity contribution < 1.29 is 15.3 Å². The molecule has 3 heteroatoms. The van der Waals surface area contributed by atoms with Gasteiger partial charge in [-0.25, -0.2) is 0 Å². The second kappa shape index (κ2) is 10.9. The maximum absolute atomic E-state index is 11.6. The average Bonchev–Trinajstić information content (AvgIpc) is 3.02. The van der Waals surface area contributed by atoms with Crippen LogP contribution in [-0.4, -0.2) is 15.3 Å². The van der Waals surface area contributed by atoms with Gasteiger partial charge in [-0.05, 0) is 82.3 Å². The third-order valence-corrected chi connectivity index (χ3v) is 8.04. The molecule has 0 spiro atoms. The summed E-state index contributed by atoms with van der Waals surface area (Å²) in [6.45, 7) is 5.75. The first kappa shape index (κ1) is 26.9. The molecule has 42 heavy (non-hydrogen) atoms. The standard InChI is InChI=1S/C39H32O3/c1-4-5-6-16-29-23-33(28-21-20-26-14-8-9-15-27(26)22-28)31-18-11-12-19-32(31)35(29)36-34(30-17-10-7-13-24(30)2)25(3)37(40)39(42)38(36)41/h4-23,40-42H,1-3H3/b5-4-,16-6-. The first-order chi connectivity index (χ1) is 20.4. The largest absolute Gasteiger partial charge is 0.504 e. The SMILES string of the molecule is C/C=C\C=C/c1cc(-c2ccc3ccccc3c2)c2ccccc2c1-c1c(O)c(O)c(O)c(C)c1-c1ccccc1C.